The summed E-state index contributed by atoms with van der Waals surface area (Å²) in [5, 5.41) is 12.7. The normalized spacial score (nSPS) is 20.0. The monoisotopic (exact) mass is 370 g/mol. The first-order valence-electron chi connectivity index (χ1n) is 9.49. The van der Waals surface area contributed by atoms with E-state index in [-0.39, 0.29) is 11.8 Å². The van der Waals surface area contributed by atoms with Gasteiger partial charge < -0.3 is 10.0 Å². The first-order valence-corrected chi connectivity index (χ1v) is 10.4. The fourth-order valence-electron chi connectivity index (χ4n) is 4.10. The van der Waals surface area contributed by atoms with Gasteiger partial charge in [0, 0.05) is 18.0 Å². The quantitative estimate of drug-likeness (QED) is 0.899. The van der Waals surface area contributed by atoms with E-state index in [0.717, 1.165) is 51.0 Å². The van der Waals surface area contributed by atoms with Crippen LogP contribution in [0.15, 0.2) is 41.8 Å². The third kappa shape index (κ3) is 3.85. The minimum absolute atomic E-state index is 0.240. The molecule has 0 aliphatic carbocycles. The van der Waals surface area contributed by atoms with Crippen molar-refractivity contribution in [2.24, 2.45) is 5.92 Å². The highest BCUT2D eigenvalue weighted by atomic mass is 32.1. The molecule has 3 heterocycles. The zero-order valence-electron chi connectivity index (χ0n) is 15.0. The second-order valence-corrected chi connectivity index (χ2v) is 8.40. The standard InChI is InChI=1S/C21H26N2O2S/c24-20(23-12-8-19-18(14-23)9-13-26-19)15-22-10-6-17(7-11-22)21(25)16-4-2-1-3-5-16/h1-5,9,13,17,21,25H,6-8,10-12,14-15H2/t21-/m0/s1. The van der Waals surface area contributed by atoms with Gasteiger partial charge >= 0.3 is 0 Å². The average molecular weight is 371 g/mol. The zero-order valence-corrected chi connectivity index (χ0v) is 15.8. The van der Waals surface area contributed by atoms with Crippen LogP contribution in [-0.4, -0.2) is 47.0 Å². The number of thiophene rings is 1. The number of aliphatic hydroxyl groups excluding tert-OH is 1. The largest absolute Gasteiger partial charge is 0.388 e. The number of likely N-dealkylation sites (tertiary alicyclic amines) is 1. The van der Waals surface area contributed by atoms with Gasteiger partial charge in [-0.2, -0.15) is 0 Å². The number of carbonyl (C=O) groups is 1. The fraction of sp³-hybridized carbons (Fsp3) is 0.476. The number of rotatable bonds is 4. The molecular weight excluding hydrogens is 344 g/mol. The minimum atomic E-state index is -0.395. The Bertz CT molecular complexity index is 737. The predicted octanol–water partition coefficient (Wildman–Crippen LogP) is 3.08. The first-order chi connectivity index (χ1) is 12.7. The molecule has 0 spiro atoms. The van der Waals surface area contributed by atoms with Crippen LogP contribution in [0, 0.1) is 5.92 Å². The molecule has 1 atom stereocenters. The molecule has 1 aromatic heterocycles. The van der Waals surface area contributed by atoms with Crippen LogP contribution in [0.2, 0.25) is 0 Å². The van der Waals surface area contributed by atoms with Gasteiger partial charge in [0.1, 0.15) is 0 Å². The molecule has 0 radical (unpaired) electrons. The van der Waals surface area contributed by atoms with Crippen molar-refractivity contribution in [3.05, 3.63) is 57.8 Å². The summed E-state index contributed by atoms with van der Waals surface area (Å²) in [6, 6.07) is 12.1. The molecule has 0 bridgehead atoms. The second kappa shape index (κ2) is 7.91. The highest BCUT2D eigenvalue weighted by Gasteiger charge is 2.28. The van der Waals surface area contributed by atoms with Gasteiger partial charge in [0.05, 0.1) is 12.6 Å². The van der Waals surface area contributed by atoms with Crippen LogP contribution in [0.1, 0.15) is 34.9 Å². The Kier molecular flexibility index (Phi) is 5.38. The Morgan fingerprint density at radius 2 is 1.92 bits per heavy atom. The van der Waals surface area contributed by atoms with Crippen molar-refractivity contribution in [3.8, 4) is 0 Å². The molecule has 1 amide bonds. The molecule has 26 heavy (non-hydrogen) atoms. The van der Waals surface area contributed by atoms with E-state index in [1.807, 2.05) is 35.2 Å². The zero-order chi connectivity index (χ0) is 17.9. The lowest BCUT2D eigenvalue weighted by atomic mass is 9.87. The van der Waals surface area contributed by atoms with E-state index in [1.165, 1.54) is 10.4 Å². The van der Waals surface area contributed by atoms with Gasteiger partial charge in [-0.1, -0.05) is 30.3 Å². The van der Waals surface area contributed by atoms with Gasteiger partial charge in [-0.15, -0.1) is 11.3 Å². The number of carbonyl (C=O) groups excluding carboxylic acids is 1. The molecule has 1 fully saturated rings. The number of hydrogen-bond acceptors (Lipinski definition) is 4. The van der Waals surface area contributed by atoms with Crippen LogP contribution >= 0.6 is 11.3 Å². The predicted molar refractivity (Wildman–Crippen MR) is 104 cm³/mol. The molecule has 1 N–H and O–H groups in total. The molecule has 0 saturated carbocycles. The second-order valence-electron chi connectivity index (χ2n) is 7.40. The number of aliphatic hydroxyl groups is 1. The van der Waals surface area contributed by atoms with Crippen molar-refractivity contribution in [1.82, 2.24) is 9.80 Å². The van der Waals surface area contributed by atoms with Crippen LogP contribution in [0.3, 0.4) is 0 Å². The summed E-state index contributed by atoms with van der Waals surface area (Å²) in [7, 11) is 0. The average Bonchev–Trinajstić information content (AvgIpc) is 3.16. The van der Waals surface area contributed by atoms with Gasteiger partial charge in [-0.25, -0.2) is 0 Å². The van der Waals surface area contributed by atoms with E-state index in [1.54, 1.807) is 11.3 Å². The lowest BCUT2D eigenvalue weighted by Gasteiger charge is -2.35. The van der Waals surface area contributed by atoms with Crippen LogP contribution in [0.5, 0.6) is 0 Å². The SMILES string of the molecule is O=C(CN1CCC([C@@H](O)c2ccccc2)CC1)N1CCc2sccc2C1. The summed E-state index contributed by atoms with van der Waals surface area (Å²) in [6.45, 7) is 3.89. The highest BCUT2D eigenvalue weighted by Crippen LogP contribution is 2.30. The number of nitrogens with zero attached hydrogens (tertiary/aromatic N) is 2. The Balaban J connectivity index is 1.27. The van der Waals surface area contributed by atoms with Gasteiger partial charge in [-0.3, -0.25) is 9.69 Å². The smallest absolute Gasteiger partial charge is 0.237 e. The summed E-state index contributed by atoms with van der Waals surface area (Å²) in [6.07, 6.45) is 2.48. The maximum atomic E-state index is 12.7. The molecule has 1 saturated heterocycles. The molecule has 2 aromatic rings. The number of fused-ring (bicyclic) bond motifs is 1. The minimum Gasteiger partial charge on any atom is -0.388 e. The van der Waals surface area contributed by atoms with Gasteiger partial charge in [0.25, 0.3) is 0 Å². The molecule has 2 aliphatic rings. The van der Waals surface area contributed by atoms with Crippen LogP contribution in [-0.2, 0) is 17.8 Å². The van der Waals surface area contributed by atoms with Crippen LogP contribution in [0.25, 0.3) is 0 Å². The lowest BCUT2D eigenvalue weighted by Crippen LogP contribution is -2.45. The molecule has 5 heteroatoms. The Morgan fingerprint density at radius 1 is 1.15 bits per heavy atom. The number of benzene rings is 1. The molecule has 4 nitrogen and oxygen atoms in total. The Morgan fingerprint density at radius 3 is 2.69 bits per heavy atom. The molecule has 138 valence electrons. The van der Waals surface area contributed by atoms with E-state index in [4.69, 9.17) is 0 Å². The Hall–Kier alpha value is -1.69. The molecule has 2 aliphatic heterocycles. The summed E-state index contributed by atoms with van der Waals surface area (Å²) in [4.78, 5) is 18.4. The number of piperidine rings is 1. The maximum Gasteiger partial charge on any atom is 0.237 e. The number of hydrogen-bond donors (Lipinski definition) is 1. The molecule has 1 aromatic carbocycles. The van der Waals surface area contributed by atoms with E-state index < -0.39 is 6.10 Å². The van der Waals surface area contributed by atoms with Crippen LogP contribution < -0.4 is 0 Å². The molecule has 0 unspecified atom stereocenters. The lowest BCUT2D eigenvalue weighted by molar-refractivity contribution is -0.133. The summed E-state index contributed by atoms with van der Waals surface area (Å²) < 4.78 is 0. The third-order valence-corrected chi connectivity index (χ3v) is 6.76. The van der Waals surface area contributed by atoms with Crippen molar-refractivity contribution in [2.45, 2.75) is 31.9 Å². The van der Waals surface area contributed by atoms with E-state index in [9.17, 15) is 9.90 Å². The third-order valence-electron chi connectivity index (χ3n) is 5.74. The van der Waals surface area contributed by atoms with Crippen molar-refractivity contribution >= 4 is 17.2 Å². The maximum absolute atomic E-state index is 12.7. The Labute approximate surface area is 159 Å². The topological polar surface area (TPSA) is 43.8 Å². The molecular formula is C21H26N2O2S. The van der Waals surface area contributed by atoms with Crippen molar-refractivity contribution in [1.29, 1.82) is 0 Å². The first kappa shape index (κ1) is 17.7. The summed E-state index contributed by atoms with van der Waals surface area (Å²) in [5.41, 5.74) is 2.32. The molecule has 4 rings (SSSR count). The highest BCUT2D eigenvalue weighted by molar-refractivity contribution is 7.10. The van der Waals surface area contributed by atoms with Crippen molar-refractivity contribution in [3.63, 3.8) is 0 Å². The summed E-state index contributed by atoms with van der Waals surface area (Å²) in [5.74, 6) is 0.524. The summed E-state index contributed by atoms with van der Waals surface area (Å²) >= 11 is 1.80. The fourth-order valence-corrected chi connectivity index (χ4v) is 4.99. The van der Waals surface area contributed by atoms with Crippen LogP contribution in [0.4, 0.5) is 0 Å². The van der Waals surface area contributed by atoms with Crippen molar-refractivity contribution in [2.75, 3.05) is 26.2 Å². The van der Waals surface area contributed by atoms with E-state index >= 15 is 0 Å². The van der Waals surface area contributed by atoms with Crippen molar-refractivity contribution < 1.29 is 9.90 Å². The van der Waals surface area contributed by atoms with E-state index in [0.29, 0.717) is 6.54 Å². The van der Waals surface area contributed by atoms with Gasteiger partial charge in [-0.05, 0) is 60.8 Å². The van der Waals surface area contributed by atoms with E-state index in [2.05, 4.69) is 16.3 Å². The number of amides is 1. The van der Waals surface area contributed by atoms with Gasteiger partial charge in [0.2, 0.25) is 5.91 Å². The van der Waals surface area contributed by atoms with Gasteiger partial charge in [0.15, 0.2) is 0 Å².